The first kappa shape index (κ1) is 15.1. The van der Waals surface area contributed by atoms with E-state index < -0.39 is 0 Å². The van der Waals surface area contributed by atoms with Gasteiger partial charge in [0.25, 0.3) is 0 Å². The van der Waals surface area contributed by atoms with Crippen LogP contribution in [-0.4, -0.2) is 31.6 Å². The second-order valence-corrected chi connectivity index (χ2v) is 6.72. The van der Waals surface area contributed by atoms with Crippen molar-refractivity contribution in [3.05, 3.63) is 33.8 Å². The molecule has 1 heterocycles. The summed E-state index contributed by atoms with van der Waals surface area (Å²) < 4.78 is 0. The predicted octanol–water partition coefficient (Wildman–Crippen LogP) is 3.81. The summed E-state index contributed by atoms with van der Waals surface area (Å²) in [7, 11) is 2.19. The molecule has 1 aliphatic rings. The normalized spacial score (nSPS) is 19.6. The van der Waals surface area contributed by atoms with Crippen LogP contribution in [0.2, 0.25) is 10.0 Å². The maximum atomic E-state index is 6.19. The van der Waals surface area contributed by atoms with Gasteiger partial charge in [-0.15, -0.1) is 0 Å². The Hall–Kier alpha value is -0.280. The highest BCUT2D eigenvalue weighted by molar-refractivity contribution is 6.42. The summed E-state index contributed by atoms with van der Waals surface area (Å²) in [4.78, 5) is 2.40. The molecule has 1 saturated heterocycles. The number of nitrogens with zero attached hydrogens (tertiary/aromatic N) is 1. The lowest BCUT2D eigenvalue weighted by Gasteiger charge is -2.38. The first-order valence-electron chi connectivity index (χ1n) is 6.82. The van der Waals surface area contributed by atoms with Crippen LogP contribution in [-0.2, 0) is 6.54 Å². The molecule has 19 heavy (non-hydrogen) atoms. The number of hydrogen-bond donors (Lipinski definition) is 1. The summed E-state index contributed by atoms with van der Waals surface area (Å²) in [6.45, 7) is 6.56. The summed E-state index contributed by atoms with van der Waals surface area (Å²) in [5.74, 6) is 0. The van der Waals surface area contributed by atoms with E-state index in [4.69, 9.17) is 23.2 Å². The summed E-state index contributed by atoms with van der Waals surface area (Å²) in [5, 5.41) is 4.84. The van der Waals surface area contributed by atoms with Crippen molar-refractivity contribution in [1.82, 2.24) is 10.2 Å². The monoisotopic (exact) mass is 300 g/mol. The Morgan fingerprint density at radius 2 is 1.95 bits per heavy atom. The molecule has 2 rings (SSSR count). The van der Waals surface area contributed by atoms with Gasteiger partial charge in [0, 0.05) is 13.1 Å². The lowest BCUT2D eigenvalue weighted by atomic mass is 9.80. The standard InChI is InChI=1S/C15H22Cl2N2/c1-15(6-8-19(2)9-7-15)11-18-10-12-4-3-5-13(16)14(12)17/h3-5,18H,6-11H2,1-2H3. The number of piperidine rings is 1. The molecule has 0 aliphatic carbocycles. The molecule has 0 bridgehead atoms. The summed E-state index contributed by atoms with van der Waals surface area (Å²) in [5.41, 5.74) is 1.48. The van der Waals surface area contributed by atoms with Gasteiger partial charge in [0.2, 0.25) is 0 Å². The number of likely N-dealkylation sites (tertiary alicyclic amines) is 1. The van der Waals surface area contributed by atoms with Crippen LogP contribution >= 0.6 is 23.2 Å². The van der Waals surface area contributed by atoms with Crippen molar-refractivity contribution in [1.29, 1.82) is 0 Å². The van der Waals surface area contributed by atoms with Crippen molar-refractivity contribution in [2.75, 3.05) is 26.7 Å². The highest BCUT2D eigenvalue weighted by Crippen LogP contribution is 2.30. The fourth-order valence-electron chi connectivity index (χ4n) is 2.52. The van der Waals surface area contributed by atoms with E-state index in [-0.39, 0.29) is 0 Å². The maximum absolute atomic E-state index is 6.19. The molecule has 0 amide bonds. The molecule has 0 spiro atoms. The largest absolute Gasteiger partial charge is 0.312 e. The molecule has 0 aromatic heterocycles. The van der Waals surface area contributed by atoms with Crippen molar-refractivity contribution in [3.63, 3.8) is 0 Å². The third kappa shape index (κ3) is 4.09. The van der Waals surface area contributed by atoms with Crippen LogP contribution in [0.1, 0.15) is 25.3 Å². The Labute approximate surface area is 126 Å². The molecular weight excluding hydrogens is 279 g/mol. The zero-order chi connectivity index (χ0) is 13.9. The first-order valence-corrected chi connectivity index (χ1v) is 7.58. The predicted molar refractivity (Wildman–Crippen MR) is 83.0 cm³/mol. The van der Waals surface area contributed by atoms with Gasteiger partial charge in [0.05, 0.1) is 10.0 Å². The van der Waals surface area contributed by atoms with E-state index in [1.807, 2.05) is 18.2 Å². The average molecular weight is 301 g/mol. The maximum Gasteiger partial charge on any atom is 0.0637 e. The Bertz CT molecular complexity index is 426. The second-order valence-electron chi connectivity index (χ2n) is 5.93. The van der Waals surface area contributed by atoms with Gasteiger partial charge in [0.15, 0.2) is 0 Å². The van der Waals surface area contributed by atoms with Gasteiger partial charge in [-0.3, -0.25) is 0 Å². The number of halogens is 2. The molecule has 1 N–H and O–H groups in total. The van der Waals surface area contributed by atoms with Gasteiger partial charge >= 0.3 is 0 Å². The zero-order valence-electron chi connectivity index (χ0n) is 11.7. The molecule has 0 radical (unpaired) electrons. The van der Waals surface area contributed by atoms with E-state index in [2.05, 4.69) is 24.2 Å². The van der Waals surface area contributed by atoms with Crippen molar-refractivity contribution in [2.45, 2.75) is 26.3 Å². The SMILES string of the molecule is CN1CCC(C)(CNCc2cccc(Cl)c2Cl)CC1. The van der Waals surface area contributed by atoms with Gasteiger partial charge in [-0.05, 0) is 50.0 Å². The zero-order valence-corrected chi connectivity index (χ0v) is 13.2. The van der Waals surface area contributed by atoms with Crippen LogP contribution in [0.3, 0.4) is 0 Å². The molecule has 2 nitrogen and oxygen atoms in total. The molecule has 1 aromatic rings. The van der Waals surface area contributed by atoms with Crippen LogP contribution in [0.5, 0.6) is 0 Å². The first-order chi connectivity index (χ1) is 9.00. The number of rotatable bonds is 4. The highest BCUT2D eigenvalue weighted by atomic mass is 35.5. The van der Waals surface area contributed by atoms with E-state index in [1.54, 1.807) is 0 Å². The topological polar surface area (TPSA) is 15.3 Å². The minimum absolute atomic E-state index is 0.400. The summed E-state index contributed by atoms with van der Waals surface area (Å²) in [6, 6.07) is 5.80. The summed E-state index contributed by atoms with van der Waals surface area (Å²) >= 11 is 12.2. The number of benzene rings is 1. The Morgan fingerprint density at radius 3 is 2.63 bits per heavy atom. The highest BCUT2D eigenvalue weighted by Gasteiger charge is 2.28. The van der Waals surface area contributed by atoms with Gasteiger partial charge in [-0.25, -0.2) is 0 Å². The van der Waals surface area contributed by atoms with Crippen LogP contribution < -0.4 is 5.32 Å². The van der Waals surface area contributed by atoms with Crippen LogP contribution in [0, 0.1) is 5.41 Å². The van der Waals surface area contributed by atoms with Crippen molar-refractivity contribution < 1.29 is 0 Å². The van der Waals surface area contributed by atoms with E-state index in [0.29, 0.717) is 15.5 Å². The fourth-order valence-corrected chi connectivity index (χ4v) is 2.91. The molecular formula is C15H22Cl2N2. The van der Waals surface area contributed by atoms with Gasteiger partial charge in [0.1, 0.15) is 0 Å². The van der Waals surface area contributed by atoms with Crippen molar-refractivity contribution >= 4 is 23.2 Å². The van der Waals surface area contributed by atoms with Crippen molar-refractivity contribution in [3.8, 4) is 0 Å². The average Bonchev–Trinajstić information content (AvgIpc) is 2.39. The fraction of sp³-hybridized carbons (Fsp3) is 0.600. The van der Waals surface area contributed by atoms with Gasteiger partial charge < -0.3 is 10.2 Å². The lowest BCUT2D eigenvalue weighted by molar-refractivity contribution is 0.137. The van der Waals surface area contributed by atoms with Crippen molar-refractivity contribution in [2.24, 2.45) is 5.41 Å². The lowest BCUT2D eigenvalue weighted by Crippen LogP contribution is -2.41. The van der Waals surface area contributed by atoms with Gasteiger partial charge in [-0.1, -0.05) is 42.3 Å². The van der Waals surface area contributed by atoms with Gasteiger partial charge in [-0.2, -0.15) is 0 Å². The Balaban J connectivity index is 1.85. The van der Waals surface area contributed by atoms with E-state index in [1.165, 1.54) is 25.9 Å². The second kappa shape index (κ2) is 6.45. The molecule has 106 valence electrons. The molecule has 0 unspecified atom stereocenters. The quantitative estimate of drug-likeness (QED) is 0.909. The molecule has 0 saturated carbocycles. The molecule has 1 aromatic carbocycles. The Kier molecular flexibility index (Phi) is 5.13. The minimum Gasteiger partial charge on any atom is -0.312 e. The smallest absolute Gasteiger partial charge is 0.0637 e. The number of nitrogens with one attached hydrogen (secondary N) is 1. The molecule has 1 fully saturated rings. The third-order valence-corrected chi connectivity index (χ3v) is 4.95. The van der Waals surface area contributed by atoms with E-state index in [9.17, 15) is 0 Å². The van der Waals surface area contributed by atoms with Crippen LogP contribution in [0.4, 0.5) is 0 Å². The van der Waals surface area contributed by atoms with E-state index >= 15 is 0 Å². The summed E-state index contributed by atoms with van der Waals surface area (Å²) in [6.07, 6.45) is 2.50. The minimum atomic E-state index is 0.400. The Morgan fingerprint density at radius 1 is 1.26 bits per heavy atom. The molecule has 4 heteroatoms. The van der Waals surface area contributed by atoms with Crippen LogP contribution in [0.25, 0.3) is 0 Å². The number of hydrogen-bond acceptors (Lipinski definition) is 2. The van der Waals surface area contributed by atoms with Crippen LogP contribution in [0.15, 0.2) is 18.2 Å². The molecule has 1 aliphatic heterocycles. The molecule has 0 atom stereocenters. The van der Waals surface area contributed by atoms with E-state index in [0.717, 1.165) is 18.7 Å². The third-order valence-electron chi connectivity index (χ3n) is 4.09.